The number of methoxy groups -OCH3 is 1. The number of hydrogen-bond acceptors (Lipinski definition) is 3. The fraction of sp³-hybridized carbons (Fsp3) is 0.250. The monoisotopic (exact) mass is 292 g/mol. The molecule has 1 N–H and O–H groups in total. The number of benzene rings is 2. The highest BCUT2D eigenvalue weighted by atomic mass is 32.2. The van der Waals surface area contributed by atoms with Gasteiger partial charge in [0.1, 0.15) is 11.6 Å². The average Bonchev–Trinajstić information content (AvgIpc) is 2.43. The van der Waals surface area contributed by atoms with Crippen LogP contribution >= 0.6 is 11.8 Å². The summed E-state index contributed by atoms with van der Waals surface area (Å²) < 4.78 is 18.7. The van der Waals surface area contributed by atoms with Crippen LogP contribution in [-0.2, 0) is 0 Å². The summed E-state index contributed by atoms with van der Waals surface area (Å²) in [4.78, 5) is 1.88. The summed E-state index contributed by atoms with van der Waals surface area (Å²) in [5, 5.41) is 9.78. The molecule has 0 bridgehead atoms. The van der Waals surface area contributed by atoms with Crippen LogP contribution in [0.15, 0.2) is 46.2 Å². The molecule has 0 heterocycles. The van der Waals surface area contributed by atoms with Crippen LogP contribution in [0, 0.1) is 12.7 Å². The Morgan fingerprint density at radius 1 is 1.20 bits per heavy atom. The molecule has 2 aromatic carbocycles. The summed E-state index contributed by atoms with van der Waals surface area (Å²) in [5.74, 6) is 0.500. The third kappa shape index (κ3) is 3.32. The Labute approximate surface area is 122 Å². The van der Waals surface area contributed by atoms with Gasteiger partial charge >= 0.3 is 0 Å². The first-order valence-corrected chi connectivity index (χ1v) is 7.13. The van der Waals surface area contributed by atoms with E-state index in [1.807, 2.05) is 24.3 Å². The lowest BCUT2D eigenvalue weighted by Gasteiger charge is -2.13. The Hall–Kier alpha value is -1.52. The van der Waals surface area contributed by atoms with E-state index in [0.29, 0.717) is 11.1 Å². The Kier molecular flexibility index (Phi) is 4.68. The molecule has 0 spiro atoms. The lowest BCUT2D eigenvalue weighted by Crippen LogP contribution is -1.97. The molecule has 0 fully saturated rings. The minimum Gasteiger partial charge on any atom is -0.497 e. The highest BCUT2D eigenvalue weighted by molar-refractivity contribution is 7.99. The number of aliphatic hydroxyl groups is 1. The van der Waals surface area contributed by atoms with Crippen molar-refractivity contribution in [1.82, 2.24) is 0 Å². The number of aliphatic hydroxyl groups excluding tert-OH is 1. The Morgan fingerprint density at radius 3 is 2.40 bits per heavy atom. The first kappa shape index (κ1) is 14.9. The van der Waals surface area contributed by atoms with Gasteiger partial charge in [-0.15, -0.1) is 0 Å². The van der Waals surface area contributed by atoms with Crippen molar-refractivity contribution in [2.75, 3.05) is 7.11 Å². The van der Waals surface area contributed by atoms with Crippen LogP contribution in [0.1, 0.15) is 24.2 Å². The second-order valence-electron chi connectivity index (χ2n) is 4.59. The SMILES string of the molecule is COc1ccc(Sc2cc(C)c(F)cc2[C@@H](C)O)cc1. The zero-order valence-electron chi connectivity index (χ0n) is 11.7. The van der Waals surface area contributed by atoms with Crippen LogP contribution in [-0.4, -0.2) is 12.2 Å². The van der Waals surface area contributed by atoms with Gasteiger partial charge in [-0.25, -0.2) is 4.39 Å². The van der Waals surface area contributed by atoms with Gasteiger partial charge in [0.05, 0.1) is 13.2 Å². The highest BCUT2D eigenvalue weighted by Crippen LogP contribution is 2.35. The molecule has 106 valence electrons. The third-order valence-electron chi connectivity index (χ3n) is 3.03. The first-order chi connectivity index (χ1) is 9.51. The van der Waals surface area contributed by atoms with Crippen LogP contribution in [0.2, 0.25) is 0 Å². The summed E-state index contributed by atoms with van der Waals surface area (Å²) in [6, 6.07) is 10.8. The molecule has 0 aliphatic heterocycles. The van der Waals surface area contributed by atoms with Crippen molar-refractivity contribution in [3.63, 3.8) is 0 Å². The third-order valence-corrected chi connectivity index (χ3v) is 4.11. The van der Waals surface area contributed by atoms with Crippen LogP contribution in [0.25, 0.3) is 0 Å². The van der Waals surface area contributed by atoms with Crippen molar-refractivity contribution in [3.8, 4) is 5.75 Å². The predicted molar refractivity (Wildman–Crippen MR) is 78.9 cm³/mol. The minimum absolute atomic E-state index is 0.292. The van der Waals surface area contributed by atoms with Gasteiger partial charge in [-0.05, 0) is 61.4 Å². The summed E-state index contributed by atoms with van der Waals surface area (Å²) in [6.45, 7) is 3.36. The molecule has 0 unspecified atom stereocenters. The van der Waals surface area contributed by atoms with Crippen molar-refractivity contribution < 1.29 is 14.2 Å². The summed E-state index contributed by atoms with van der Waals surface area (Å²) in [6.07, 6.45) is -0.703. The molecular formula is C16H17FO2S. The van der Waals surface area contributed by atoms with E-state index in [2.05, 4.69) is 0 Å². The molecule has 2 nitrogen and oxygen atoms in total. The molecule has 2 rings (SSSR count). The topological polar surface area (TPSA) is 29.5 Å². The molecule has 0 aliphatic rings. The Morgan fingerprint density at radius 2 is 1.85 bits per heavy atom. The molecule has 0 amide bonds. The molecular weight excluding hydrogens is 275 g/mol. The molecule has 1 atom stereocenters. The Bertz CT molecular complexity index is 594. The van der Waals surface area contributed by atoms with E-state index in [1.165, 1.54) is 17.8 Å². The average molecular weight is 292 g/mol. The van der Waals surface area contributed by atoms with Crippen molar-refractivity contribution in [3.05, 3.63) is 53.3 Å². The van der Waals surface area contributed by atoms with E-state index in [9.17, 15) is 9.50 Å². The van der Waals surface area contributed by atoms with Gasteiger partial charge in [0.25, 0.3) is 0 Å². The fourth-order valence-electron chi connectivity index (χ4n) is 1.86. The lowest BCUT2D eigenvalue weighted by molar-refractivity contribution is 0.196. The van der Waals surface area contributed by atoms with Gasteiger partial charge < -0.3 is 9.84 Å². The molecule has 20 heavy (non-hydrogen) atoms. The molecule has 0 aromatic heterocycles. The summed E-state index contributed by atoms with van der Waals surface area (Å²) in [5.41, 5.74) is 1.18. The van der Waals surface area contributed by atoms with E-state index in [-0.39, 0.29) is 5.82 Å². The van der Waals surface area contributed by atoms with E-state index in [4.69, 9.17) is 4.74 Å². The maximum Gasteiger partial charge on any atom is 0.126 e. The highest BCUT2D eigenvalue weighted by Gasteiger charge is 2.13. The predicted octanol–water partition coefficient (Wildman–Crippen LogP) is 4.35. The smallest absolute Gasteiger partial charge is 0.126 e. The quantitative estimate of drug-likeness (QED) is 0.908. The van der Waals surface area contributed by atoms with E-state index < -0.39 is 6.10 Å². The summed E-state index contributed by atoms with van der Waals surface area (Å²) >= 11 is 1.50. The normalized spacial score (nSPS) is 12.2. The number of rotatable bonds is 4. The maximum absolute atomic E-state index is 13.6. The van der Waals surface area contributed by atoms with Gasteiger partial charge in [-0.3, -0.25) is 0 Å². The molecule has 0 aliphatic carbocycles. The van der Waals surface area contributed by atoms with Crippen molar-refractivity contribution in [2.45, 2.75) is 29.7 Å². The zero-order chi connectivity index (χ0) is 14.7. The molecule has 2 aromatic rings. The standard InChI is InChI=1S/C16H17FO2S/c1-10-8-16(14(11(2)18)9-15(10)17)20-13-6-4-12(19-3)5-7-13/h4-9,11,18H,1-3H3/t11-/m1/s1. The first-order valence-electron chi connectivity index (χ1n) is 6.31. The molecule has 0 radical (unpaired) electrons. The largest absolute Gasteiger partial charge is 0.497 e. The Balaban J connectivity index is 2.33. The van der Waals surface area contributed by atoms with Crippen LogP contribution in [0.4, 0.5) is 4.39 Å². The number of ether oxygens (including phenoxy) is 1. The van der Waals surface area contributed by atoms with Crippen molar-refractivity contribution in [2.24, 2.45) is 0 Å². The van der Waals surface area contributed by atoms with Gasteiger partial charge in [0, 0.05) is 9.79 Å². The maximum atomic E-state index is 13.6. The van der Waals surface area contributed by atoms with Gasteiger partial charge in [0.2, 0.25) is 0 Å². The van der Waals surface area contributed by atoms with Crippen molar-refractivity contribution in [1.29, 1.82) is 0 Å². The van der Waals surface area contributed by atoms with Gasteiger partial charge in [-0.2, -0.15) is 0 Å². The minimum atomic E-state index is -0.703. The van der Waals surface area contributed by atoms with Crippen molar-refractivity contribution >= 4 is 11.8 Å². The molecule has 0 saturated heterocycles. The second kappa shape index (κ2) is 6.29. The number of halogens is 1. The van der Waals surface area contributed by atoms with Crippen LogP contribution < -0.4 is 4.74 Å². The van der Waals surface area contributed by atoms with Crippen LogP contribution in [0.5, 0.6) is 5.75 Å². The van der Waals surface area contributed by atoms with E-state index >= 15 is 0 Å². The van der Waals surface area contributed by atoms with E-state index in [1.54, 1.807) is 27.0 Å². The number of aryl methyl sites for hydroxylation is 1. The fourth-order valence-corrected chi connectivity index (χ4v) is 2.97. The lowest BCUT2D eigenvalue weighted by atomic mass is 10.1. The molecule has 4 heteroatoms. The second-order valence-corrected chi connectivity index (χ2v) is 5.71. The molecule has 0 saturated carbocycles. The van der Waals surface area contributed by atoms with Gasteiger partial charge in [-0.1, -0.05) is 11.8 Å². The number of hydrogen-bond donors (Lipinski definition) is 1. The van der Waals surface area contributed by atoms with Gasteiger partial charge in [0.15, 0.2) is 0 Å². The van der Waals surface area contributed by atoms with E-state index in [0.717, 1.165) is 15.5 Å². The van der Waals surface area contributed by atoms with Crippen LogP contribution in [0.3, 0.4) is 0 Å². The zero-order valence-corrected chi connectivity index (χ0v) is 12.5. The summed E-state index contributed by atoms with van der Waals surface area (Å²) in [7, 11) is 1.62.